The Bertz CT molecular complexity index is 2080. The fourth-order valence-electron chi connectivity index (χ4n) is 6.92. The summed E-state index contributed by atoms with van der Waals surface area (Å²) in [7, 11) is 8.80. The average Bonchev–Trinajstić information content (AvgIpc) is 3.63. The molecular weight excluding hydrogens is 652 g/mol. The Kier molecular flexibility index (Phi) is 10.6. The molecule has 6 aromatic rings. The summed E-state index contributed by atoms with van der Waals surface area (Å²) in [4.78, 5) is 17.4. The van der Waals surface area contributed by atoms with E-state index in [-0.39, 0.29) is 6.04 Å². The number of nitrogens with zero attached hydrogens (tertiary/aromatic N) is 6. The van der Waals surface area contributed by atoms with Crippen molar-refractivity contribution in [2.75, 3.05) is 59.5 Å². The molecule has 52 heavy (non-hydrogen) atoms. The summed E-state index contributed by atoms with van der Waals surface area (Å²) >= 11 is 0. The lowest BCUT2D eigenvalue weighted by molar-refractivity contribution is 0.0682. The SMILES string of the molecule is COc1ccc(CN2CCN(Cc3ccc(OC)cc3)C(CN(c3cc(OC)cc(OC)c3)c3ccc4ncc(-c5ccn(C)c5)nc4c3)C2)cc1. The van der Waals surface area contributed by atoms with Gasteiger partial charge in [-0.2, -0.15) is 0 Å². The van der Waals surface area contributed by atoms with Gasteiger partial charge in [-0.25, -0.2) is 4.98 Å². The number of aryl methyl sites for hydroxylation is 1. The van der Waals surface area contributed by atoms with Gasteiger partial charge >= 0.3 is 0 Å². The van der Waals surface area contributed by atoms with E-state index in [9.17, 15) is 0 Å². The van der Waals surface area contributed by atoms with E-state index in [1.165, 1.54) is 11.1 Å². The third kappa shape index (κ3) is 7.98. The number of piperazine rings is 1. The normalized spacial score (nSPS) is 15.1. The van der Waals surface area contributed by atoms with Crippen molar-refractivity contribution in [1.82, 2.24) is 24.3 Å². The van der Waals surface area contributed by atoms with Gasteiger partial charge in [-0.15, -0.1) is 0 Å². The van der Waals surface area contributed by atoms with Crippen molar-refractivity contribution in [3.05, 3.63) is 121 Å². The molecule has 1 fully saturated rings. The predicted octanol–water partition coefficient (Wildman–Crippen LogP) is 7.19. The number of aromatic nitrogens is 3. The lowest BCUT2D eigenvalue weighted by atomic mass is 10.1. The van der Waals surface area contributed by atoms with Crippen LogP contribution in [-0.4, -0.2) is 85.0 Å². The summed E-state index contributed by atoms with van der Waals surface area (Å²) < 4.78 is 24.4. The zero-order chi connectivity index (χ0) is 36.0. The fraction of sp³-hybridized carbons (Fsp3) is 0.286. The van der Waals surface area contributed by atoms with Gasteiger partial charge in [0.15, 0.2) is 0 Å². The van der Waals surface area contributed by atoms with E-state index >= 15 is 0 Å². The molecule has 1 atom stereocenters. The molecule has 0 saturated carbocycles. The highest BCUT2D eigenvalue weighted by Gasteiger charge is 2.30. The van der Waals surface area contributed by atoms with Crippen LogP contribution in [0, 0.1) is 0 Å². The second-order valence-electron chi connectivity index (χ2n) is 13.2. The molecule has 0 radical (unpaired) electrons. The molecule has 7 rings (SSSR count). The molecule has 1 aliphatic heterocycles. The molecule has 0 bridgehead atoms. The smallest absolute Gasteiger partial charge is 0.124 e. The van der Waals surface area contributed by atoms with Gasteiger partial charge in [0.25, 0.3) is 0 Å². The number of ether oxygens (including phenoxy) is 4. The number of hydrogen-bond donors (Lipinski definition) is 0. The Labute approximate surface area is 305 Å². The third-order valence-corrected chi connectivity index (χ3v) is 9.81. The van der Waals surface area contributed by atoms with Crippen molar-refractivity contribution >= 4 is 22.4 Å². The van der Waals surface area contributed by atoms with Gasteiger partial charge in [-0.05, 0) is 59.7 Å². The first kappa shape index (κ1) is 34.9. The topological polar surface area (TPSA) is 77.4 Å². The summed E-state index contributed by atoms with van der Waals surface area (Å²) in [5.41, 5.74) is 8.04. The van der Waals surface area contributed by atoms with Crippen molar-refractivity contribution in [3.8, 4) is 34.3 Å². The lowest BCUT2D eigenvalue weighted by Crippen LogP contribution is -2.55. The second-order valence-corrected chi connectivity index (χ2v) is 13.2. The number of rotatable bonds is 13. The van der Waals surface area contributed by atoms with Gasteiger partial charge in [-0.3, -0.25) is 14.8 Å². The standard InChI is InChI=1S/C42H46N6O4/c1-45-17-16-32(27-45)42-24-43-40-15-10-33(22-41(40)44-42)48(34-20-38(51-4)23-39(21-34)52-5)29-35-28-46(25-30-6-11-36(49-2)12-7-30)18-19-47(35)26-31-8-13-37(50-3)14-9-31/h6-17,20-24,27,35H,18-19,25-26,28-29H2,1-5H3. The summed E-state index contributed by atoms with van der Waals surface area (Å²) in [5.74, 6) is 3.18. The van der Waals surface area contributed by atoms with E-state index < -0.39 is 0 Å². The highest BCUT2D eigenvalue weighted by atomic mass is 16.5. The maximum absolute atomic E-state index is 5.76. The first-order chi connectivity index (χ1) is 25.4. The monoisotopic (exact) mass is 698 g/mol. The predicted molar refractivity (Wildman–Crippen MR) is 206 cm³/mol. The Morgan fingerprint density at radius 3 is 1.94 bits per heavy atom. The maximum atomic E-state index is 5.76. The molecule has 268 valence electrons. The molecule has 1 aliphatic rings. The first-order valence-corrected chi connectivity index (χ1v) is 17.5. The van der Waals surface area contributed by atoms with E-state index in [2.05, 4.69) is 81.6 Å². The van der Waals surface area contributed by atoms with Gasteiger partial charge in [0.05, 0.1) is 51.4 Å². The molecule has 0 amide bonds. The van der Waals surface area contributed by atoms with Gasteiger partial charge in [0.1, 0.15) is 23.0 Å². The summed E-state index contributed by atoms with van der Waals surface area (Å²) in [6, 6.07) is 31.4. The highest BCUT2D eigenvalue weighted by Crippen LogP contribution is 2.35. The lowest BCUT2D eigenvalue weighted by Gasteiger charge is -2.44. The molecule has 4 aromatic carbocycles. The van der Waals surface area contributed by atoms with Crippen LogP contribution in [0.15, 0.2) is 110 Å². The van der Waals surface area contributed by atoms with Crippen molar-refractivity contribution in [3.63, 3.8) is 0 Å². The van der Waals surface area contributed by atoms with Crippen LogP contribution in [0.3, 0.4) is 0 Å². The molecule has 2 aromatic heterocycles. The molecule has 1 saturated heterocycles. The van der Waals surface area contributed by atoms with Crippen LogP contribution in [0.1, 0.15) is 11.1 Å². The molecule has 0 N–H and O–H groups in total. The summed E-state index contributed by atoms with van der Waals surface area (Å²) in [6.07, 6.45) is 5.93. The molecular formula is C42H46N6O4. The molecule has 10 nitrogen and oxygen atoms in total. The number of anilines is 2. The minimum atomic E-state index is 0.170. The van der Waals surface area contributed by atoms with Crippen molar-refractivity contribution in [2.45, 2.75) is 19.1 Å². The number of benzene rings is 4. The Morgan fingerprint density at radius 1 is 0.673 bits per heavy atom. The molecule has 0 aliphatic carbocycles. The third-order valence-electron chi connectivity index (χ3n) is 9.81. The molecule has 0 spiro atoms. The zero-order valence-corrected chi connectivity index (χ0v) is 30.5. The second kappa shape index (κ2) is 15.8. The molecule has 1 unspecified atom stereocenters. The van der Waals surface area contributed by atoms with Gasteiger partial charge in [0.2, 0.25) is 0 Å². The van der Waals surface area contributed by atoms with E-state index in [4.69, 9.17) is 28.9 Å². The minimum Gasteiger partial charge on any atom is -0.497 e. The first-order valence-electron chi connectivity index (χ1n) is 17.5. The van der Waals surface area contributed by atoms with Crippen LogP contribution in [0.25, 0.3) is 22.3 Å². The van der Waals surface area contributed by atoms with E-state index in [1.54, 1.807) is 28.4 Å². The van der Waals surface area contributed by atoms with Crippen molar-refractivity contribution in [2.24, 2.45) is 7.05 Å². The maximum Gasteiger partial charge on any atom is 0.124 e. The zero-order valence-electron chi connectivity index (χ0n) is 30.5. The number of hydrogen-bond acceptors (Lipinski definition) is 9. The van der Waals surface area contributed by atoms with Crippen LogP contribution < -0.4 is 23.8 Å². The van der Waals surface area contributed by atoms with Crippen LogP contribution in [0.4, 0.5) is 11.4 Å². The number of methoxy groups -OCH3 is 4. The quantitative estimate of drug-likeness (QED) is 0.125. The minimum absolute atomic E-state index is 0.170. The highest BCUT2D eigenvalue weighted by molar-refractivity contribution is 5.83. The number of fused-ring (bicyclic) bond motifs is 1. The van der Waals surface area contributed by atoms with Gasteiger partial charge in [-0.1, -0.05) is 24.3 Å². The van der Waals surface area contributed by atoms with E-state index in [1.807, 2.05) is 54.3 Å². The van der Waals surface area contributed by atoms with Crippen LogP contribution >= 0.6 is 0 Å². The Hall–Kier alpha value is -5.58. The largest absolute Gasteiger partial charge is 0.497 e. The summed E-state index contributed by atoms with van der Waals surface area (Å²) in [6.45, 7) is 5.15. The van der Waals surface area contributed by atoms with Crippen molar-refractivity contribution < 1.29 is 18.9 Å². The summed E-state index contributed by atoms with van der Waals surface area (Å²) in [5, 5.41) is 0. The molecule has 3 heterocycles. The van der Waals surface area contributed by atoms with Crippen LogP contribution in [0.5, 0.6) is 23.0 Å². The molecule has 10 heteroatoms. The van der Waals surface area contributed by atoms with E-state index in [0.29, 0.717) is 6.54 Å². The van der Waals surface area contributed by atoms with Crippen LogP contribution in [-0.2, 0) is 20.1 Å². The Morgan fingerprint density at radius 2 is 1.33 bits per heavy atom. The Balaban J connectivity index is 1.26. The average molecular weight is 699 g/mol. The van der Waals surface area contributed by atoms with Crippen molar-refractivity contribution in [1.29, 1.82) is 0 Å². The fourth-order valence-corrected chi connectivity index (χ4v) is 6.92. The van der Waals surface area contributed by atoms with E-state index in [0.717, 1.165) is 89.4 Å². The van der Waals surface area contributed by atoms with Gasteiger partial charge < -0.3 is 28.4 Å². The van der Waals surface area contributed by atoms with Crippen LogP contribution in [0.2, 0.25) is 0 Å². The van der Waals surface area contributed by atoms with Gasteiger partial charge in [0, 0.05) is 99.9 Å².